The lowest BCUT2D eigenvalue weighted by atomic mass is 9.91. The molecule has 25 heavy (non-hydrogen) atoms. The van der Waals surface area contributed by atoms with Crippen molar-refractivity contribution in [1.82, 2.24) is 0 Å². The lowest BCUT2D eigenvalue weighted by molar-refractivity contribution is -0.149. The highest BCUT2D eigenvalue weighted by molar-refractivity contribution is 5.98. The van der Waals surface area contributed by atoms with Crippen molar-refractivity contribution in [2.75, 3.05) is 0 Å². The topological polar surface area (TPSA) is 38.7 Å². The van der Waals surface area contributed by atoms with Crippen LogP contribution in [-0.2, 0) is 9.63 Å². The van der Waals surface area contributed by atoms with Gasteiger partial charge in [-0.1, -0.05) is 79.7 Å². The summed E-state index contributed by atoms with van der Waals surface area (Å²) in [6, 6.07) is 20.1. The minimum atomic E-state index is -0.238. The Morgan fingerprint density at radius 2 is 1.60 bits per heavy atom. The normalized spacial score (nSPS) is 14.0. The van der Waals surface area contributed by atoms with Crippen LogP contribution in [0.1, 0.15) is 57.1 Å². The van der Waals surface area contributed by atoms with E-state index in [9.17, 15) is 4.79 Å². The van der Waals surface area contributed by atoms with Crippen LogP contribution in [0.15, 0.2) is 65.8 Å². The molecule has 0 aliphatic rings. The first kappa shape index (κ1) is 18.9. The molecule has 3 nitrogen and oxygen atoms in total. The molecule has 0 fully saturated rings. The van der Waals surface area contributed by atoms with Crippen molar-refractivity contribution < 1.29 is 9.63 Å². The van der Waals surface area contributed by atoms with Gasteiger partial charge in [-0.05, 0) is 43.2 Å². The number of carbonyl (C=O) groups excluding carboxylic acids is 1. The molecular weight excluding hydrogens is 310 g/mol. The molecule has 0 aliphatic carbocycles. The number of hydrogen-bond acceptors (Lipinski definition) is 3. The molecule has 2 atom stereocenters. The zero-order valence-electron chi connectivity index (χ0n) is 15.3. The third-order valence-corrected chi connectivity index (χ3v) is 4.61. The molecule has 0 radical (unpaired) electrons. The Kier molecular flexibility index (Phi) is 7.39. The molecule has 0 saturated carbocycles. The molecule has 0 aliphatic heterocycles. The lowest BCUT2D eigenvalue weighted by Crippen LogP contribution is -2.16. The van der Waals surface area contributed by atoms with Crippen LogP contribution in [-0.4, -0.2) is 11.7 Å². The average Bonchev–Trinajstić information content (AvgIpc) is 2.67. The van der Waals surface area contributed by atoms with Gasteiger partial charge in [0, 0.05) is 0 Å². The molecule has 2 unspecified atom stereocenters. The van der Waals surface area contributed by atoms with E-state index in [2.05, 4.69) is 36.3 Å². The van der Waals surface area contributed by atoms with Gasteiger partial charge in [0.25, 0.3) is 0 Å². The van der Waals surface area contributed by atoms with Gasteiger partial charge in [-0.3, -0.25) is 0 Å². The van der Waals surface area contributed by atoms with E-state index in [4.69, 9.17) is 4.84 Å². The maximum atomic E-state index is 12.3. The van der Waals surface area contributed by atoms with Crippen LogP contribution in [0.2, 0.25) is 0 Å². The molecule has 3 heteroatoms. The fraction of sp³-hybridized carbons (Fsp3) is 0.364. The Morgan fingerprint density at radius 3 is 2.20 bits per heavy atom. The second kappa shape index (κ2) is 9.77. The third-order valence-electron chi connectivity index (χ3n) is 4.61. The van der Waals surface area contributed by atoms with E-state index in [0.717, 1.165) is 24.8 Å². The van der Waals surface area contributed by atoms with E-state index in [1.807, 2.05) is 50.2 Å². The summed E-state index contributed by atoms with van der Waals surface area (Å²) in [4.78, 5) is 17.5. The van der Waals surface area contributed by atoms with E-state index in [-0.39, 0.29) is 11.9 Å². The van der Waals surface area contributed by atoms with E-state index in [1.54, 1.807) is 0 Å². The minimum absolute atomic E-state index is 0.113. The Hall–Kier alpha value is -2.42. The molecule has 0 saturated heterocycles. The number of oxime groups is 1. The van der Waals surface area contributed by atoms with Crippen LogP contribution in [0.3, 0.4) is 0 Å². The molecule has 0 heterocycles. The van der Waals surface area contributed by atoms with E-state index in [1.165, 1.54) is 5.56 Å². The minimum Gasteiger partial charge on any atom is -0.318 e. The number of rotatable bonds is 8. The fourth-order valence-electron chi connectivity index (χ4n) is 2.81. The predicted molar refractivity (Wildman–Crippen MR) is 103 cm³/mol. The number of hydrogen-bond donors (Lipinski definition) is 0. The summed E-state index contributed by atoms with van der Waals surface area (Å²) in [7, 11) is 0. The van der Waals surface area contributed by atoms with Gasteiger partial charge in [0.2, 0.25) is 0 Å². The van der Waals surface area contributed by atoms with Crippen molar-refractivity contribution in [3.63, 3.8) is 0 Å². The van der Waals surface area contributed by atoms with Gasteiger partial charge in [0.05, 0.1) is 11.6 Å². The summed E-state index contributed by atoms with van der Waals surface area (Å²) in [5.41, 5.74) is 2.98. The zero-order valence-corrected chi connectivity index (χ0v) is 15.3. The summed E-state index contributed by atoms with van der Waals surface area (Å²) < 4.78 is 0. The molecule has 0 N–H and O–H groups in total. The lowest BCUT2D eigenvalue weighted by Gasteiger charge is -2.16. The van der Waals surface area contributed by atoms with Crippen LogP contribution in [0.4, 0.5) is 0 Å². The maximum absolute atomic E-state index is 12.3. The maximum Gasteiger partial charge on any atom is 0.338 e. The van der Waals surface area contributed by atoms with E-state index >= 15 is 0 Å². The molecule has 0 amide bonds. The molecule has 2 aromatic carbocycles. The largest absolute Gasteiger partial charge is 0.338 e. The van der Waals surface area contributed by atoms with Crippen molar-refractivity contribution in [2.24, 2.45) is 11.1 Å². The summed E-state index contributed by atoms with van der Waals surface area (Å²) in [6.45, 7) is 6.07. The molecule has 0 bridgehead atoms. The van der Waals surface area contributed by atoms with Crippen molar-refractivity contribution in [1.29, 1.82) is 0 Å². The van der Waals surface area contributed by atoms with Crippen molar-refractivity contribution >= 4 is 11.7 Å². The first-order valence-electron chi connectivity index (χ1n) is 8.97. The van der Waals surface area contributed by atoms with Gasteiger partial charge >= 0.3 is 5.97 Å². The first-order chi connectivity index (χ1) is 12.1. The average molecular weight is 337 g/mol. The highest BCUT2D eigenvalue weighted by atomic mass is 16.7. The third kappa shape index (κ3) is 5.86. The monoisotopic (exact) mass is 337 g/mol. The second-order valence-electron chi connectivity index (χ2n) is 6.45. The van der Waals surface area contributed by atoms with E-state index < -0.39 is 0 Å². The van der Waals surface area contributed by atoms with Crippen LogP contribution in [0.5, 0.6) is 0 Å². The highest BCUT2D eigenvalue weighted by Crippen LogP contribution is 2.24. The number of benzene rings is 2. The zero-order chi connectivity index (χ0) is 18.1. The van der Waals surface area contributed by atoms with Crippen molar-refractivity contribution in [3.8, 4) is 0 Å². The first-order valence-corrected chi connectivity index (χ1v) is 8.97. The molecule has 2 rings (SSSR count). The molecular formula is C22H27NO2. The van der Waals surface area contributed by atoms with Crippen LogP contribution >= 0.6 is 0 Å². The standard InChI is InChI=1S/C22H27NO2/c1-4-19(16-15-17(2)20-11-7-5-8-12-20)22(24)25-23-18(3)21-13-9-6-10-14-21/h5-14,17,19H,4,15-16H2,1-3H3. The van der Waals surface area contributed by atoms with Gasteiger partial charge in [-0.25, -0.2) is 4.79 Å². The SMILES string of the molecule is CCC(CCC(C)c1ccccc1)C(=O)ON=C(C)c1ccccc1. The Balaban J connectivity index is 1.88. The predicted octanol–water partition coefficient (Wildman–Crippen LogP) is 5.56. The molecule has 2 aromatic rings. The van der Waals surface area contributed by atoms with Crippen molar-refractivity contribution in [3.05, 3.63) is 71.8 Å². The van der Waals surface area contributed by atoms with Gasteiger partial charge in [-0.2, -0.15) is 0 Å². The second-order valence-corrected chi connectivity index (χ2v) is 6.45. The highest BCUT2D eigenvalue weighted by Gasteiger charge is 2.20. The van der Waals surface area contributed by atoms with Crippen LogP contribution in [0, 0.1) is 5.92 Å². The van der Waals surface area contributed by atoms with Gasteiger partial charge in [0.15, 0.2) is 0 Å². The summed E-state index contributed by atoms with van der Waals surface area (Å²) in [5.74, 6) is 0.0779. The molecule has 132 valence electrons. The number of carbonyl (C=O) groups is 1. The fourth-order valence-corrected chi connectivity index (χ4v) is 2.81. The summed E-state index contributed by atoms with van der Waals surface area (Å²) in [5, 5.41) is 4.02. The van der Waals surface area contributed by atoms with Crippen LogP contribution in [0.25, 0.3) is 0 Å². The Morgan fingerprint density at radius 1 is 1.00 bits per heavy atom. The van der Waals surface area contributed by atoms with E-state index in [0.29, 0.717) is 11.6 Å². The molecule has 0 spiro atoms. The van der Waals surface area contributed by atoms with Gasteiger partial charge in [0.1, 0.15) is 0 Å². The summed E-state index contributed by atoms with van der Waals surface area (Å²) >= 11 is 0. The van der Waals surface area contributed by atoms with Gasteiger partial charge < -0.3 is 4.84 Å². The smallest absolute Gasteiger partial charge is 0.318 e. The molecule has 0 aromatic heterocycles. The summed E-state index contributed by atoms with van der Waals surface area (Å²) in [6.07, 6.45) is 2.53. The quantitative estimate of drug-likeness (QED) is 0.359. The van der Waals surface area contributed by atoms with Crippen LogP contribution < -0.4 is 0 Å². The van der Waals surface area contributed by atoms with Gasteiger partial charge in [-0.15, -0.1) is 0 Å². The Labute approximate surface area is 150 Å². The number of nitrogens with zero attached hydrogens (tertiary/aromatic N) is 1. The Bertz CT molecular complexity index is 680. The van der Waals surface area contributed by atoms with Crippen molar-refractivity contribution in [2.45, 2.75) is 46.0 Å².